The molecule has 0 unspecified atom stereocenters. The Morgan fingerprint density at radius 3 is 2.18 bits per heavy atom. The molecule has 0 fully saturated rings. The summed E-state index contributed by atoms with van der Waals surface area (Å²) in [5.41, 5.74) is 2.20. The molecule has 0 heterocycles. The van der Waals surface area contributed by atoms with Crippen LogP contribution < -0.4 is 9.47 Å². The van der Waals surface area contributed by atoms with Gasteiger partial charge in [0, 0.05) is 23.3 Å². The molecule has 2 N–H and O–H groups in total. The van der Waals surface area contributed by atoms with E-state index in [2.05, 4.69) is 6.92 Å². The lowest BCUT2D eigenvalue weighted by molar-refractivity contribution is 0.405. The third-order valence-corrected chi connectivity index (χ3v) is 3.68. The molecular formula is C18H22O4. The standard InChI is InChI=1S/C18H22O4/c1-4-5-6-12-9-14(22-3)11-17(20)18(12)15-8-7-13(21-2)10-16(15)19/h7-11,19-20H,4-6H2,1-3H3. The van der Waals surface area contributed by atoms with E-state index in [1.807, 2.05) is 6.07 Å². The van der Waals surface area contributed by atoms with Gasteiger partial charge in [-0.2, -0.15) is 0 Å². The van der Waals surface area contributed by atoms with Gasteiger partial charge in [0.05, 0.1) is 14.2 Å². The van der Waals surface area contributed by atoms with Crippen LogP contribution in [0, 0.1) is 0 Å². The zero-order valence-electron chi connectivity index (χ0n) is 13.2. The predicted octanol–water partition coefficient (Wildman–Crippen LogP) is 4.12. The van der Waals surface area contributed by atoms with Crippen molar-refractivity contribution in [1.29, 1.82) is 0 Å². The molecule has 0 atom stereocenters. The Bertz CT molecular complexity index is 650. The van der Waals surface area contributed by atoms with E-state index in [4.69, 9.17) is 9.47 Å². The van der Waals surface area contributed by atoms with E-state index in [0.717, 1.165) is 24.8 Å². The highest BCUT2D eigenvalue weighted by Crippen LogP contribution is 2.42. The number of ether oxygens (including phenoxy) is 2. The Labute approximate surface area is 130 Å². The smallest absolute Gasteiger partial charge is 0.127 e. The van der Waals surface area contributed by atoms with E-state index in [1.165, 1.54) is 0 Å². The summed E-state index contributed by atoms with van der Waals surface area (Å²) in [7, 11) is 3.12. The SMILES string of the molecule is CCCCc1cc(OC)cc(O)c1-c1ccc(OC)cc1O. The van der Waals surface area contributed by atoms with Crippen LogP contribution in [0.1, 0.15) is 25.3 Å². The molecule has 0 aliphatic rings. The van der Waals surface area contributed by atoms with Crippen molar-refractivity contribution < 1.29 is 19.7 Å². The van der Waals surface area contributed by atoms with Crippen molar-refractivity contribution in [3.05, 3.63) is 35.9 Å². The first-order chi connectivity index (χ1) is 10.6. The van der Waals surface area contributed by atoms with Crippen molar-refractivity contribution in [3.63, 3.8) is 0 Å². The van der Waals surface area contributed by atoms with E-state index in [9.17, 15) is 10.2 Å². The van der Waals surface area contributed by atoms with Gasteiger partial charge in [-0.3, -0.25) is 0 Å². The van der Waals surface area contributed by atoms with Crippen LogP contribution in [0.2, 0.25) is 0 Å². The molecular weight excluding hydrogens is 280 g/mol. The minimum atomic E-state index is 0.0811. The summed E-state index contributed by atoms with van der Waals surface area (Å²) in [4.78, 5) is 0. The summed E-state index contributed by atoms with van der Waals surface area (Å²) in [6.45, 7) is 2.12. The Morgan fingerprint density at radius 2 is 1.59 bits per heavy atom. The lowest BCUT2D eigenvalue weighted by atomic mass is 9.94. The molecule has 2 aromatic carbocycles. The van der Waals surface area contributed by atoms with E-state index in [0.29, 0.717) is 22.6 Å². The number of aryl methyl sites for hydroxylation is 1. The number of hydrogen-bond donors (Lipinski definition) is 2. The van der Waals surface area contributed by atoms with Gasteiger partial charge in [-0.1, -0.05) is 13.3 Å². The van der Waals surface area contributed by atoms with Crippen LogP contribution in [0.4, 0.5) is 0 Å². The lowest BCUT2D eigenvalue weighted by Gasteiger charge is -2.15. The molecule has 0 amide bonds. The molecule has 0 aliphatic carbocycles. The van der Waals surface area contributed by atoms with Crippen molar-refractivity contribution in [1.82, 2.24) is 0 Å². The topological polar surface area (TPSA) is 58.9 Å². The van der Waals surface area contributed by atoms with E-state index < -0.39 is 0 Å². The predicted molar refractivity (Wildman–Crippen MR) is 86.9 cm³/mol. The van der Waals surface area contributed by atoms with Crippen molar-refractivity contribution in [2.24, 2.45) is 0 Å². The average Bonchev–Trinajstić information content (AvgIpc) is 2.53. The second-order valence-electron chi connectivity index (χ2n) is 5.17. The summed E-state index contributed by atoms with van der Waals surface area (Å²) < 4.78 is 10.3. The van der Waals surface area contributed by atoms with Crippen LogP contribution in [0.15, 0.2) is 30.3 Å². The number of aromatic hydroxyl groups is 2. The molecule has 0 saturated heterocycles. The maximum atomic E-state index is 10.4. The molecule has 0 spiro atoms. The molecule has 4 nitrogen and oxygen atoms in total. The first-order valence-electron chi connectivity index (χ1n) is 7.38. The molecule has 2 aromatic rings. The highest BCUT2D eigenvalue weighted by Gasteiger charge is 2.16. The third kappa shape index (κ3) is 3.27. The van der Waals surface area contributed by atoms with Crippen LogP contribution >= 0.6 is 0 Å². The Kier molecular flexibility index (Phi) is 5.15. The number of hydrogen-bond acceptors (Lipinski definition) is 4. The van der Waals surface area contributed by atoms with Crippen molar-refractivity contribution in [2.45, 2.75) is 26.2 Å². The first-order valence-corrected chi connectivity index (χ1v) is 7.38. The Balaban J connectivity index is 2.57. The number of methoxy groups -OCH3 is 2. The monoisotopic (exact) mass is 302 g/mol. The van der Waals surface area contributed by atoms with Crippen molar-refractivity contribution in [2.75, 3.05) is 14.2 Å². The minimum absolute atomic E-state index is 0.0811. The molecule has 4 heteroatoms. The molecule has 0 bridgehead atoms. The Hall–Kier alpha value is -2.36. The molecule has 0 radical (unpaired) electrons. The van der Waals surface area contributed by atoms with E-state index >= 15 is 0 Å². The molecule has 22 heavy (non-hydrogen) atoms. The molecule has 2 rings (SSSR count). The molecule has 0 aromatic heterocycles. The average molecular weight is 302 g/mol. The fraction of sp³-hybridized carbons (Fsp3) is 0.333. The van der Waals surface area contributed by atoms with Gasteiger partial charge in [0.15, 0.2) is 0 Å². The normalized spacial score (nSPS) is 10.5. The van der Waals surface area contributed by atoms with Gasteiger partial charge < -0.3 is 19.7 Å². The second-order valence-corrected chi connectivity index (χ2v) is 5.17. The summed E-state index contributed by atoms with van der Waals surface area (Å²) in [5.74, 6) is 1.37. The van der Waals surface area contributed by atoms with E-state index in [-0.39, 0.29) is 11.5 Å². The second kappa shape index (κ2) is 7.07. The summed E-state index contributed by atoms with van der Waals surface area (Å²) in [6, 6.07) is 8.54. The maximum Gasteiger partial charge on any atom is 0.127 e. The van der Waals surface area contributed by atoms with Gasteiger partial charge in [-0.25, -0.2) is 0 Å². The fourth-order valence-corrected chi connectivity index (χ4v) is 2.50. The van der Waals surface area contributed by atoms with Gasteiger partial charge in [-0.05, 0) is 36.6 Å². The number of phenols is 2. The fourth-order valence-electron chi connectivity index (χ4n) is 2.50. The summed E-state index contributed by atoms with van der Waals surface area (Å²) >= 11 is 0. The zero-order valence-corrected chi connectivity index (χ0v) is 13.2. The third-order valence-electron chi connectivity index (χ3n) is 3.68. The largest absolute Gasteiger partial charge is 0.507 e. The van der Waals surface area contributed by atoms with Crippen LogP contribution in [-0.4, -0.2) is 24.4 Å². The molecule has 0 saturated carbocycles. The van der Waals surface area contributed by atoms with Crippen LogP contribution in [0.3, 0.4) is 0 Å². The maximum absolute atomic E-state index is 10.4. The number of benzene rings is 2. The van der Waals surface area contributed by atoms with Gasteiger partial charge in [-0.15, -0.1) is 0 Å². The minimum Gasteiger partial charge on any atom is -0.507 e. The van der Waals surface area contributed by atoms with Gasteiger partial charge in [0.1, 0.15) is 23.0 Å². The highest BCUT2D eigenvalue weighted by molar-refractivity contribution is 5.79. The zero-order chi connectivity index (χ0) is 16.1. The van der Waals surface area contributed by atoms with Gasteiger partial charge in [0.25, 0.3) is 0 Å². The molecule has 0 aliphatic heterocycles. The van der Waals surface area contributed by atoms with Gasteiger partial charge in [0.2, 0.25) is 0 Å². The van der Waals surface area contributed by atoms with Crippen molar-refractivity contribution in [3.8, 4) is 34.1 Å². The Morgan fingerprint density at radius 1 is 0.909 bits per heavy atom. The van der Waals surface area contributed by atoms with E-state index in [1.54, 1.807) is 38.5 Å². The first kappa shape index (κ1) is 16.0. The summed E-state index contributed by atoms with van der Waals surface area (Å²) in [6.07, 6.45) is 2.85. The summed E-state index contributed by atoms with van der Waals surface area (Å²) in [5, 5.41) is 20.6. The number of phenolic OH excluding ortho intramolecular Hbond substituents is 2. The van der Waals surface area contributed by atoms with Gasteiger partial charge >= 0.3 is 0 Å². The van der Waals surface area contributed by atoms with Crippen molar-refractivity contribution >= 4 is 0 Å². The van der Waals surface area contributed by atoms with Crippen LogP contribution in [0.5, 0.6) is 23.0 Å². The van der Waals surface area contributed by atoms with Crippen LogP contribution in [0.25, 0.3) is 11.1 Å². The van der Waals surface area contributed by atoms with Crippen LogP contribution in [-0.2, 0) is 6.42 Å². The highest BCUT2D eigenvalue weighted by atomic mass is 16.5. The lowest BCUT2D eigenvalue weighted by Crippen LogP contribution is -1.94. The number of unbranched alkanes of at least 4 members (excludes halogenated alkanes) is 1. The molecule has 118 valence electrons. The number of rotatable bonds is 6. The quantitative estimate of drug-likeness (QED) is 0.842.